The smallest absolute Gasteiger partial charge is 0.273 e. The lowest BCUT2D eigenvalue weighted by atomic mass is 10.2. The molecular weight excluding hydrogens is 539 g/mol. The second-order valence-electron chi connectivity index (χ2n) is 8.05. The van der Waals surface area contributed by atoms with Crippen molar-refractivity contribution >= 4 is 68.8 Å². The molecule has 3 aromatic rings. The van der Waals surface area contributed by atoms with Crippen LogP contribution in [0.15, 0.2) is 42.5 Å². The first-order valence-corrected chi connectivity index (χ1v) is 13.7. The van der Waals surface area contributed by atoms with Gasteiger partial charge in [0.2, 0.25) is 0 Å². The number of likely N-dealkylation sites (N-methyl/N-ethyl adjacent to an activating group) is 2. The van der Waals surface area contributed by atoms with Gasteiger partial charge in [-0.1, -0.05) is 48.7 Å². The average Bonchev–Trinajstić information content (AvgIpc) is 3.23. The van der Waals surface area contributed by atoms with Crippen LogP contribution in [0.2, 0.25) is 15.1 Å². The van der Waals surface area contributed by atoms with E-state index >= 15 is 0 Å². The zero-order valence-corrected chi connectivity index (χ0v) is 23.8. The molecule has 10 heteroatoms. The Balaban J connectivity index is 1.99. The maximum absolute atomic E-state index is 13.7. The van der Waals surface area contributed by atoms with Crippen LogP contribution in [0.1, 0.15) is 46.5 Å². The SMILES string of the molecule is CCN(CC)CCN(CC)C(=O)c1nc(N(C(=O)c2ccc(Cl)cc2Cl)c2ccc(Cl)cc2)sc1C. The van der Waals surface area contributed by atoms with Gasteiger partial charge in [-0.25, -0.2) is 4.98 Å². The van der Waals surface area contributed by atoms with Gasteiger partial charge in [0.1, 0.15) is 5.69 Å². The van der Waals surface area contributed by atoms with Crippen molar-refractivity contribution in [2.75, 3.05) is 37.6 Å². The van der Waals surface area contributed by atoms with Crippen LogP contribution in [-0.2, 0) is 0 Å². The lowest BCUT2D eigenvalue weighted by molar-refractivity contribution is 0.0740. The molecule has 0 radical (unpaired) electrons. The third kappa shape index (κ3) is 6.58. The number of carbonyl (C=O) groups excluding carboxylic acids is 2. The van der Waals surface area contributed by atoms with Crippen molar-refractivity contribution in [3.63, 3.8) is 0 Å². The van der Waals surface area contributed by atoms with Crippen molar-refractivity contribution in [2.24, 2.45) is 0 Å². The van der Waals surface area contributed by atoms with Gasteiger partial charge in [-0.2, -0.15) is 0 Å². The zero-order chi connectivity index (χ0) is 26.4. The van der Waals surface area contributed by atoms with Crippen LogP contribution in [-0.4, -0.2) is 59.3 Å². The molecular formula is C26H29Cl3N4O2S. The van der Waals surface area contributed by atoms with Crippen molar-refractivity contribution in [3.8, 4) is 0 Å². The van der Waals surface area contributed by atoms with Crippen LogP contribution in [0.5, 0.6) is 0 Å². The highest BCUT2D eigenvalue weighted by Gasteiger charge is 2.28. The predicted octanol–water partition coefficient (Wildman–Crippen LogP) is 7.19. The maximum atomic E-state index is 13.7. The first-order chi connectivity index (χ1) is 17.2. The summed E-state index contributed by atoms with van der Waals surface area (Å²) >= 11 is 19.8. The molecule has 0 saturated carbocycles. The Morgan fingerprint density at radius 3 is 2.08 bits per heavy atom. The number of thiazole rings is 1. The summed E-state index contributed by atoms with van der Waals surface area (Å²) < 4.78 is 0. The molecule has 192 valence electrons. The molecule has 1 aromatic heterocycles. The van der Waals surface area contributed by atoms with Gasteiger partial charge in [-0.05, 0) is 69.4 Å². The van der Waals surface area contributed by atoms with E-state index in [1.54, 1.807) is 41.3 Å². The van der Waals surface area contributed by atoms with E-state index in [0.717, 1.165) is 24.5 Å². The summed E-state index contributed by atoms with van der Waals surface area (Å²) in [6.45, 7) is 11.8. The minimum absolute atomic E-state index is 0.155. The quantitative estimate of drug-likeness (QED) is 0.260. The molecule has 3 rings (SSSR count). The molecule has 0 fully saturated rings. The molecule has 1 heterocycles. The van der Waals surface area contributed by atoms with Crippen molar-refractivity contribution in [3.05, 3.63) is 73.7 Å². The first kappa shape index (κ1) is 28.4. The summed E-state index contributed by atoms with van der Waals surface area (Å²) in [7, 11) is 0. The van der Waals surface area contributed by atoms with E-state index in [1.165, 1.54) is 22.3 Å². The van der Waals surface area contributed by atoms with E-state index in [4.69, 9.17) is 34.8 Å². The number of hydrogen-bond acceptors (Lipinski definition) is 5. The molecule has 0 atom stereocenters. The molecule has 0 aliphatic rings. The average molecular weight is 568 g/mol. The molecule has 0 saturated heterocycles. The first-order valence-electron chi connectivity index (χ1n) is 11.7. The normalized spacial score (nSPS) is 11.1. The van der Waals surface area contributed by atoms with Crippen LogP contribution >= 0.6 is 46.1 Å². The lowest BCUT2D eigenvalue weighted by Crippen LogP contribution is -2.39. The minimum Gasteiger partial charge on any atom is -0.336 e. The molecule has 0 spiro atoms. The van der Waals surface area contributed by atoms with Gasteiger partial charge in [0, 0.05) is 34.6 Å². The topological polar surface area (TPSA) is 56.8 Å². The number of halogens is 3. The Bertz CT molecular complexity index is 1210. The number of aromatic nitrogens is 1. The standard InChI is InChI=1S/C26H29Cl3N4O2S/c1-5-31(6-2)14-15-32(7-3)25(35)23-17(4)36-26(30-23)33(20-11-8-18(27)9-12-20)24(34)21-13-10-19(28)16-22(21)29/h8-13,16H,5-7,14-15H2,1-4H3. The van der Waals surface area contributed by atoms with Gasteiger partial charge in [0.15, 0.2) is 5.13 Å². The fourth-order valence-electron chi connectivity index (χ4n) is 3.72. The molecule has 0 bridgehead atoms. The Labute approximate surface area is 231 Å². The molecule has 36 heavy (non-hydrogen) atoms. The Morgan fingerprint density at radius 1 is 0.861 bits per heavy atom. The van der Waals surface area contributed by atoms with E-state index < -0.39 is 0 Å². The molecule has 0 aliphatic carbocycles. The second kappa shape index (κ2) is 12.9. The number of rotatable bonds is 10. The zero-order valence-electron chi connectivity index (χ0n) is 20.7. The van der Waals surface area contributed by atoms with Crippen LogP contribution in [0.4, 0.5) is 10.8 Å². The van der Waals surface area contributed by atoms with Gasteiger partial charge in [0.05, 0.1) is 16.3 Å². The summed E-state index contributed by atoms with van der Waals surface area (Å²) in [4.78, 5) is 38.0. The Morgan fingerprint density at radius 2 is 1.50 bits per heavy atom. The molecule has 6 nitrogen and oxygen atoms in total. The van der Waals surface area contributed by atoms with Crippen LogP contribution in [0.25, 0.3) is 0 Å². The van der Waals surface area contributed by atoms with E-state index in [9.17, 15) is 9.59 Å². The fourth-order valence-corrected chi connectivity index (χ4v) is 5.25. The predicted molar refractivity (Wildman–Crippen MR) is 151 cm³/mol. The summed E-state index contributed by atoms with van der Waals surface area (Å²) in [5.74, 6) is -0.543. The van der Waals surface area contributed by atoms with Crippen molar-refractivity contribution in [2.45, 2.75) is 27.7 Å². The highest BCUT2D eigenvalue weighted by molar-refractivity contribution is 7.16. The lowest BCUT2D eigenvalue weighted by Gasteiger charge is -2.25. The van der Waals surface area contributed by atoms with Gasteiger partial charge in [-0.3, -0.25) is 14.5 Å². The number of hydrogen-bond donors (Lipinski definition) is 0. The minimum atomic E-state index is -0.388. The molecule has 0 aliphatic heterocycles. The third-order valence-corrected chi connectivity index (χ3v) is 7.63. The number of carbonyl (C=O) groups is 2. The van der Waals surface area contributed by atoms with E-state index in [2.05, 4.69) is 23.7 Å². The van der Waals surface area contributed by atoms with Gasteiger partial charge in [-0.15, -0.1) is 11.3 Å². The Hall–Kier alpha value is -2.16. The second-order valence-corrected chi connectivity index (χ2v) is 10.5. The van der Waals surface area contributed by atoms with Crippen molar-refractivity contribution in [1.29, 1.82) is 0 Å². The van der Waals surface area contributed by atoms with E-state index in [1.807, 2.05) is 13.8 Å². The third-order valence-electron chi connectivity index (χ3n) is 5.88. The molecule has 0 unspecified atom stereocenters. The van der Waals surface area contributed by atoms with Crippen molar-refractivity contribution < 1.29 is 9.59 Å². The highest BCUT2D eigenvalue weighted by atomic mass is 35.5. The van der Waals surface area contributed by atoms with Gasteiger partial charge in [0.25, 0.3) is 11.8 Å². The van der Waals surface area contributed by atoms with Gasteiger partial charge < -0.3 is 9.80 Å². The number of benzene rings is 2. The molecule has 2 aromatic carbocycles. The number of nitrogens with zero attached hydrogens (tertiary/aromatic N) is 4. The van der Waals surface area contributed by atoms with Crippen LogP contribution in [0, 0.1) is 6.92 Å². The van der Waals surface area contributed by atoms with E-state index in [-0.39, 0.29) is 22.4 Å². The molecule has 0 N–H and O–H groups in total. The number of aryl methyl sites for hydroxylation is 1. The molecule has 2 amide bonds. The number of anilines is 2. The summed E-state index contributed by atoms with van der Waals surface area (Å²) in [6.07, 6.45) is 0. The maximum Gasteiger partial charge on any atom is 0.273 e. The number of amides is 2. The fraction of sp³-hybridized carbons (Fsp3) is 0.346. The monoisotopic (exact) mass is 566 g/mol. The van der Waals surface area contributed by atoms with Crippen molar-refractivity contribution in [1.82, 2.24) is 14.8 Å². The van der Waals surface area contributed by atoms with Crippen LogP contribution in [0.3, 0.4) is 0 Å². The van der Waals surface area contributed by atoms with Gasteiger partial charge >= 0.3 is 0 Å². The summed E-state index contributed by atoms with van der Waals surface area (Å²) in [6, 6.07) is 11.5. The van der Waals surface area contributed by atoms with E-state index in [0.29, 0.717) is 39.6 Å². The summed E-state index contributed by atoms with van der Waals surface area (Å²) in [5, 5.41) is 1.56. The summed E-state index contributed by atoms with van der Waals surface area (Å²) in [5.41, 5.74) is 1.16. The van der Waals surface area contributed by atoms with Crippen LogP contribution < -0.4 is 4.90 Å². The Kier molecular flexibility index (Phi) is 10.2. The highest BCUT2D eigenvalue weighted by Crippen LogP contribution is 2.35. The largest absolute Gasteiger partial charge is 0.336 e.